The molecule has 7 heteroatoms. The second-order valence-corrected chi connectivity index (χ2v) is 6.31. The minimum Gasteiger partial charge on any atom is -0.497 e. The summed E-state index contributed by atoms with van der Waals surface area (Å²) in [5, 5.41) is 6.58. The molecule has 2 N–H and O–H groups in total. The number of ether oxygens (including phenoxy) is 1. The number of hydrogen-bond acceptors (Lipinski definition) is 3. The smallest absolute Gasteiger partial charge is 0.253 e. The number of carbonyl (C=O) groups is 1. The zero-order valence-electron chi connectivity index (χ0n) is 17.6. The zero-order valence-corrected chi connectivity index (χ0v) is 19.9. The number of hydrogen-bond donors (Lipinski definition) is 2. The van der Waals surface area contributed by atoms with E-state index in [0.717, 1.165) is 16.9 Å². The molecule has 2 aromatic carbocycles. The first kappa shape index (κ1) is 24.7. The van der Waals surface area contributed by atoms with Crippen molar-refractivity contribution in [2.75, 3.05) is 27.2 Å². The van der Waals surface area contributed by atoms with E-state index in [9.17, 15) is 4.79 Å². The van der Waals surface area contributed by atoms with Gasteiger partial charge in [0.1, 0.15) is 5.75 Å². The highest BCUT2D eigenvalue weighted by atomic mass is 127. The van der Waals surface area contributed by atoms with Crippen LogP contribution < -0.4 is 15.4 Å². The summed E-state index contributed by atoms with van der Waals surface area (Å²) >= 11 is 0. The van der Waals surface area contributed by atoms with Gasteiger partial charge in [0.05, 0.1) is 7.11 Å². The lowest BCUT2D eigenvalue weighted by molar-refractivity contribution is 0.0773. The maximum absolute atomic E-state index is 12.4. The number of nitrogens with zero attached hydrogens (tertiary/aromatic N) is 2. The topological polar surface area (TPSA) is 66.0 Å². The van der Waals surface area contributed by atoms with E-state index in [1.165, 1.54) is 0 Å². The summed E-state index contributed by atoms with van der Waals surface area (Å²) in [6, 6.07) is 15.6. The van der Waals surface area contributed by atoms with Crippen LogP contribution in [0.15, 0.2) is 53.5 Å². The van der Waals surface area contributed by atoms with Crippen molar-refractivity contribution in [1.29, 1.82) is 0 Å². The lowest BCUT2D eigenvalue weighted by atomic mass is 10.1. The first-order valence-electron chi connectivity index (χ1n) is 9.56. The Labute approximate surface area is 190 Å². The van der Waals surface area contributed by atoms with Crippen LogP contribution in [0.2, 0.25) is 0 Å². The van der Waals surface area contributed by atoms with Crippen molar-refractivity contribution < 1.29 is 9.53 Å². The molecule has 0 fully saturated rings. The van der Waals surface area contributed by atoms with E-state index in [-0.39, 0.29) is 29.9 Å². The van der Waals surface area contributed by atoms with Crippen molar-refractivity contribution in [2.45, 2.75) is 26.9 Å². The SMILES string of the molecule is CCN(CC)C(=O)c1ccc(CNC(=NC)NCc2cccc(OC)c2)cc1.I. The van der Waals surface area contributed by atoms with Crippen molar-refractivity contribution in [2.24, 2.45) is 4.99 Å². The molecule has 0 aliphatic carbocycles. The molecule has 0 unspecified atom stereocenters. The summed E-state index contributed by atoms with van der Waals surface area (Å²) in [5.41, 5.74) is 2.91. The van der Waals surface area contributed by atoms with Crippen LogP contribution >= 0.6 is 24.0 Å². The van der Waals surface area contributed by atoms with Gasteiger partial charge in [-0.05, 0) is 49.2 Å². The van der Waals surface area contributed by atoms with Crippen molar-refractivity contribution in [3.05, 3.63) is 65.2 Å². The Kier molecular flexibility index (Phi) is 11.1. The first-order valence-corrected chi connectivity index (χ1v) is 9.56. The number of methoxy groups -OCH3 is 1. The Hall–Kier alpha value is -2.29. The van der Waals surface area contributed by atoms with E-state index in [4.69, 9.17) is 4.74 Å². The molecular weight excluding hydrogens is 479 g/mol. The molecule has 0 saturated carbocycles. The number of nitrogens with one attached hydrogen (secondary N) is 2. The van der Waals surface area contributed by atoms with E-state index in [1.807, 2.05) is 67.3 Å². The number of guanidine groups is 1. The molecule has 2 rings (SSSR count). The molecule has 1 amide bonds. The molecule has 0 radical (unpaired) electrons. The Morgan fingerprint density at radius 1 is 1.00 bits per heavy atom. The van der Waals surface area contributed by atoms with E-state index in [1.54, 1.807) is 14.2 Å². The number of rotatable bonds is 8. The summed E-state index contributed by atoms with van der Waals surface area (Å²) in [6.45, 7) is 6.68. The van der Waals surface area contributed by atoms with Crippen molar-refractivity contribution in [3.63, 3.8) is 0 Å². The van der Waals surface area contributed by atoms with Crippen LogP contribution in [-0.2, 0) is 13.1 Å². The van der Waals surface area contributed by atoms with E-state index in [0.29, 0.717) is 37.7 Å². The third-order valence-corrected chi connectivity index (χ3v) is 4.53. The van der Waals surface area contributed by atoms with Gasteiger partial charge in [-0.2, -0.15) is 0 Å². The number of halogens is 1. The molecule has 29 heavy (non-hydrogen) atoms. The normalized spacial score (nSPS) is 10.7. The predicted octanol–water partition coefficient (Wildman–Crippen LogP) is 3.66. The highest BCUT2D eigenvalue weighted by molar-refractivity contribution is 14.0. The maximum atomic E-state index is 12.4. The highest BCUT2D eigenvalue weighted by Gasteiger charge is 2.11. The fraction of sp³-hybridized carbons (Fsp3) is 0.364. The van der Waals surface area contributed by atoms with Crippen LogP contribution in [0.25, 0.3) is 0 Å². The van der Waals surface area contributed by atoms with Crippen LogP contribution in [0.5, 0.6) is 5.75 Å². The molecule has 0 bridgehead atoms. The van der Waals surface area contributed by atoms with E-state index < -0.39 is 0 Å². The minimum atomic E-state index is 0. The molecular formula is C22H31IN4O2. The Balaban J connectivity index is 0.00000420. The van der Waals surface area contributed by atoms with Gasteiger partial charge < -0.3 is 20.3 Å². The number of benzene rings is 2. The zero-order chi connectivity index (χ0) is 20.4. The standard InChI is InChI=1S/C22H30N4O2.HI/c1-5-26(6-2)21(27)19-12-10-17(11-13-19)15-24-22(23-3)25-16-18-8-7-9-20(14-18)28-4;/h7-14H,5-6,15-16H2,1-4H3,(H2,23,24,25);1H. The second-order valence-electron chi connectivity index (χ2n) is 6.31. The van der Waals surface area contributed by atoms with Crippen LogP contribution in [0.1, 0.15) is 35.3 Å². The third-order valence-electron chi connectivity index (χ3n) is 4.53. The molecule has 2 aromatic rings. The van der Waals surface area contributed by atoms with Crippen LogP contribution in [0.4, 0.5) is 0 Å². The number of amides is 1. The third kappa shape index (κ3) is 7.56. The Morgan fingerprint density at radius 2 is 1.62 bits per heavy atom. The van der Waals surface area contributed by atoms with Crippen molar-refractivity contribution in [1.82, 2.24) is 15.5 Å². The molecule has 6 nitrogen and oxygen atoms in total. The molecule has 0 aliphatic rings. The summed E-state index contributed by atoms with van der Waals surface area (Å²) in [5.74, 6) is 1.62. The van der Waals surface area contributed by atoms with Crippen molar-refractivity contribution in [3.8, 4) is 5.75 Å². The largest absolute Gasteiger partial charge is 0.497 e. The van der Waals surface area contributed by atoms with Gasteiger partial charge in [0.25, 0.3) is 5.91 Å². The van der Waals surface area contributed by atoms with Crippen LogP contribution in [-0.4, -0.2) is 44.0 Å². The van der Waals surface area contributed by atoms with Gasteiger partial charge >= 0.3 is 0 Å². The van der Waals surface area contributed by atoms with Gasteiger partial charge in [-0.3, -0.25) is 9.79 Å². The Morgan fingerprint density at radius 3 is 2.17 bits per heavy atom. The number of aliphatic imine (C=N–C) groups is 1. The van der Waals surface area contributed by atoms with Gasteiger partial charge in [-0.15, -0.1) is 24.0 Å². The summed E-state index contributed by atoms with van der Waals surface area (Å²) in [4.78, 5) is 18.4. The molecule has 0 heterocycles. The fourth-order valence-electron chi connectivity index (χ4n) is 2.83. The molecule has 0 spiro atoms. The summed E-state index contributed by atoms with van der Waals surface area (Å²) in [6.07, 6.45) is 0. The average Bonchev–Trinajstić information content (AvgIpc) is 2.75. The van der Waals surface area contributed by atoms with Crippen LogP contribution in [0, 0.1) is 0 Å². The highest BCUT2D eigenvalue weighted by Crippen LogP contribution is 2.12. The quantitative estimate of drug-likeness (QED) is 0.323. The predicted molar refractivity (Wildman–Crippen MR) is 129 cm³/mol. The molecule has 158 valence electrons. The van der Waals surface area contributed by atoms with Crippen LogP contribution in [0.3, 0.4) is 0 Å². The number of carbonyl (C=O) groups excluding carboxylic acids is 1. The minimum absolute atomic E-state index is 0. The summed E-state index contributed by atoms with van der Waals surface area (Å²) in [7, 11) is 3.40. The fourth-order valence-corrected chi connectivity index (χ4v) is 2.83. The Bertz CT molecular complexity index is 790. The van der Waals surface area contributed by atoms with Gasteiger partial charge in [0.15, 0.2) is 5.96 Å². The van der Waals surface area contributed by atoms with Gasteiger partial charge in [0, 0.05) is 38.8 Å². The monoisotopic (exact) mass is 510 g/mol. The van der Waals surface area contributed by atoms with Gasteiger partial charge in [-0.25, -0.2) is 0 Å². The molecule has 0 saturated heterocycles. The van der Waals surface area contributed by atoms with Crippen molar-refractivity contribution >= 4 is 35.8 Å². The van der Waals surface area contributed by atoms with Gasteiger partial charge in [-0.1, -0.05) is 24.3 Å². The average molecular weight is 510 g/mol. The van der Waals surface area contributed by atoms with E-state index >= 15 is 0 Å². The van der Waals surface area contributed by atoms with Gasteiger partial charge in [0.2, 0.25) is 0 Å². The second kappa shape index (κ2) is 13.0. The molecule has 0 aliphatic heterocycles. The summed E-state index contributed by atoms with van der Waals surface area (Å²) < 4.78 is 5.25. The lowest BCUT2D eigenvalue weighted by Gasteiger charge is -2.18. The molecule has 0 aromatic heterocycles. The molecule has 0 atom stereocenters. The van der Waals surface area contributed by atoms with E-state index in [2.05, 4.69) is 15.6 Å². The maximum Gasteiger partial charge on any atom is 0.253 e. The lowest BCUT2D eigenvalue weighted by Crippen LogP contribution is -2.36. The first-order chi connectivity index (χ1) is 13.6.